The molecule has 3 heterocycles. The Balaban J connectivity index is 1.33. The molecule has 3 aliphatic rings. The Morgan fingerprint density at radius 3 is 2.69 bits per heavy atom. The van der Waals surface area contributed by atoms with Crippen molar-refractivity contribution in [3.8, 4) is 0 Å². The van der Waals surface area contributed by atoms with Crippen molar-refractivity contribution in [3.05, 3.63) is 70.7 Å². The van der Waals surface area contributed by atoms with Gasteiger partial charge in [-0.05, 0) is 48.7 Å². The largest absolute Gasteiger partial charge is 0.385 e. The van der Waals surface area contributed by atoms with Gasteiger partial charge in [-0.15, -0.1) is 0 Å². The first-order chi connectivity index (χ1) is 17.4. The Morgan fingerprint density at radius 2 is 1.92 bits per heavy atom. The summed E-state index contributed by atoms with van der Waals surface area (Å²) in [7, 11) is 0. The molecule has 4 N–H and O–H groups in total. The first-order valence-corrected chi connectivity index (χ1v) is 12.0. The van der Waals surface area contributed by atoms with Gasteiger partial charge in [-0.3, -0.25) is 9.91 Å². The van der Waals surface area contributed by atoms with E-state index in [0.29, 0.717) is 11.5 Å². The van der Waals surface area contributed by atoms with Crippen molar-refractivity contribution < 1.29 is 13.9 Å². The summed E-state index contributed by atoms with van der Waals surface area (Å²) in [6.07, 6.45) is 3.70. The molecule has 2 amide bonds. The zero-order chi connectivity index (χ0) is 25.2. The zero-order valence-corrected chi connectivity index (χ0v) is 20.4. The molecule has 2 unspecified atom stereocenters. The molecule has 36 heavy (non-hydrogen) atoms. The number of morpholine rings is 1. The standard InChI is InChI=1S/C26H30FN7O2/c1-16-3-5-21(27)23(11-16)32-26(35)31-22-6-4-18(12-17(22)2)20-13-19(14-33-7-9-36-10-8-33)34-24(20)25(28)29-15-30-34/h3-6,11-13,15,20,24H,7-10,14H2,1-2H3,(H2,28,29,30)(H2,31,32,35). The molecule has 1 saturated heterocycles. The van der Waals surface area contributed by atoms with Crippen LogP contribution in [0.25, 0.3) is 0 Å². The van der Waals surface area contributed by atoms with Gasteiger partial charge >= 0.3 is 6.03 Å². The number of aryl methyl sites for hydroxylation is 2. The number of urea groups is 1. The number of benzene rings is 2. The second-order valence-corrected chi connectivity index (χ2v) is 9.28. The first-order valence-electron chi connectivity index (χ1n) is 12.0. The van der Waals surface area contributed by atoms with Gasteiger partial charge in [0.15, 0.2) is 0 Å². The summed E-state index contributed by atoms with van der Waals surface area (Å²) in [6.45, 7) is 7.73. The summed E-state index contributed by atoms with van der Waals surface area (Å²) in [5.74, 6) is -0.00415. The van der Waals surface area contributed by atoms with Crippen LogP contribution < -0.4 is 16.4 Å². The lowest BCUT2D eigenvalue weighted by molar-refractivity contribution is 0.0393. The van der Waals surface area contributed by atoms with Crippen molar-refractivity contribution in [1.29, 1.82) is 0 Å². The quantitative estimate of drug-likeness (QED) is 0.594. The maximum Gasteiger partial charge on any atom is 0.323 e. The van der Waals surface area contributed by atoms with E-state index in [9.17, 15) is 9.18 Å². The number of rotatable bonds is 5. The van der Waals surface area contributed by atoms with Crippen LogP contribution in [0.4, 0.5) is 20.6 Å². The first kappa shape index (κ1) is 24.0. The minimum atomic E-state index is -0.506. The minimum Gasteiger partial charge on any atom is -0.385 e. The molecular formula is C26H30FN7O2. The Kier molecular flexibility index (Phi) is 6.71. The lowest BCUT2D eigenvalue weighted by Gasteiger charge is -2.32. The predicted molar refractivity (Wildman–Crippen MR) is 139 cm³/mol. The number of nitrogens with zero attached hydrogens (tertiary/aromatic N) is 4. The van der Waals surface area contributed by atoms with Gasteiger partial charge in [-0.2, -0.15) is 5.10 Å². The number of fused-ring (bicyclic) bond motifs is 1. The SMILES string of the molecule is Cc1ccc(F)c(NC(=O)Nc2ccc(C3C=C(CN4CCOCC4)N4N=CN=C(N)C34)cc2C)c1. The van der Waals surface area contributed by atoms with Crippen LogP contribution in [0.2, 0.25) is 0 Å². The summed E-state index contributed by atoms with van der Waals surface area (Å²) in [6, 6.07) is 9.74. The molecule has 5 rings (SSSR count). The van der Waals surface area contributed by atoms with Crippen molar-refractivity contribution in [2.45, 2.75) is 25.8 Å². The minimum absolute atomic E-state index is 0.0368. The third-order valence-electron chi connectivity index (χ3n) is 6.70. The Hall–Kier alpha value is -3.76. The molecule has 0 aromatic heterocycles. The normalized spacial score (nSPS) is 21.6. The molecule has 0 spiro atoms. The van der Waals surface area contributed by atoms with E-state index in [-0.39, 0.29) is 17.6 Å². The highest BCUT2D eigenvalue weighted by Crippen LogP contribution is 2.38. The third kappa shape index (κ3) is 4.95. The number of carbonyl (C=O) groups excluding carboxylic acids is 1. The molecule has 0 saturated carbocycles. The lowest BCUT2D eigenvalue weighted by Crippen LogP contribution is -2.45. The predicted octanol–water partition coefficient (Wildman–Crippen LogP) is 3.38. The highest BCUT2D eigenvalue weighted by Gasteiger charge is 2.40. The molecule has 3 aliphatic heterocycles. The van der Waals surface area contributed by atoms with Crippen LogP contribution >= 0.6 is 0 Å². The Bertz CT molecular complexity index is 1250. The third-order valence-corrected chi connectivity index (χ3v) is 6.70. The molecule has 0 radical (unpaired) electrons. The molecular weight excluding hydrogens is 461 g/mol. The zero-order valence-electron chi connectivity index (χ0n) is 20.4. The van der Waals surface area contributed by atoms with Crippen molar-refractivity contribution in [2.75, 3.05) is 43.5 Å². The number of aliphatic imine (C=N–C) groups is 1. The summed E-state index contributed by atoms with van der Waals surface area (Å²) in [4.78, 5) is 19.1. The van der Waals surface area contributed by atoms with Crippen molar-refractivity contribution >= 4 is 29.6 Å². The van der Waals surface area contributed by atoms with Crippen LogP contribution in [0.5, 0.6) is 0 Å². The van der Waals surface area contributed by atoms with Crippen LogP contribution in [0.3, 0.4) is 0 Å². The highest BCUT2D eigenvalue weighted by atomic mass is 19.1. The van der Waals surface area contributed by atoms with E-state index in [2.05, 4.69) is 31.7 Å². The number of hydrogen-bond donors (Lipinski definition) is 3. The van der Waals surface area contributed by atoms with Gasteiger partial charge < -0.3 is 21.1 Å². The fourth-order valence-corrected chi connectivity index (χ4v) is 4.82. The molecule has 1 fully saturated rings. The van der Waals surface area contributed by atoms with Gasteiger partial charge in [-0.25, -0.2) is 14.2 Å². The van der Waals surface area contributed by atoms with Crippen LogP contribution in [-0.4, -0.2) is 67.0 Å². The van der Waals surface area contributed by atoms with E-state index in [1.165, 1.54) is 12.4 Å². The number of halogens is 1. The van der Waals surface area contributed by atoms with Gasteiger partial charge in [0, 0.05) is 36.9 Å². The number of amidine groups is 1. The van der Waals surface area contributed by atoms with E-state index in [1.54, 1.807) is 12.1 Å². The number of hydrazone groups is 1. The van der Waals surface area contributed by atoms with Crippen molar-refractivity contribution in [1.82, 2.24) is 9.91 Å². The van der Waals surface area contributed by atoms with E-state index in [4.69, 9.17) is 10.5 Å². The Labute approximate surface area is 209 Å². The number of carbonyl (C=O) groups is 1. The van der Waals surface area contributed by atoms with E-state index < -0.39 is 11.8 Å². The molecule has 2 aromatic rings. The summed E-state index contributed by atoms with van der Waals surface area (Å²) in [5, 5.41) is 11.9. The maximum atomic E-state index is 14.0. The second kappa shape index (κ2) is 10.1. The summed E-state index contributed by atoms with van der Waals surface area (Å²) >= 11 is 0. The van der Waals surface area contributed by atoms with E-state index in [0.717, 1.165) is 55.2 Å². The van der Waals surface area contributed by atoms with Crippen LogP contribution in [0.15, 0.2) is 58.3 Å². The Morgan fingerprint density at radius 1 is 1.14 bits per heavy atom. The fraction of sp³-hybridized carbons (Fsp3) is 0.346. The average Bonchev–Trinajstić information content (AvgIpc) is 3.23. The molecule has 10 heteroatoms. The molecule has 2 atom stereocenters. The number of nitrogens with one attached hydrogen (secondary N) is 2. The molecule has 0 bridgehead atoms. The van der Waals surface area contributed by atoms with Gasteiger partial charge in [-0.1, -0.05) is 24.3 Å². The van der Waals surface area contributed by atoms with Gasteiger partial charge in [0.05, 0.1) is 18.9 Å². The molecule has 0 aliphatic carbocycles. The van der Waals surface area contributed by atoms with Crippen molar-refractivity contribution in [3.63, 3.8) is 0 Å². The van der Waals surface area contributed by atoms with Crippen LogP contribution in [-0.2, 0) is 4.74 Å². The molecule has 188 valence electrons. The number of ether oxygens (including phenoxy) is 1. The maximum absolute atomic E-state index is 14.0. The topological polar surface area (TPSA) is 108 Å². The fourth-order valence-electron chi connectivity index (χ4n) is 4.82. The lowest BCUT2D eigenvalue weighted by atomic mass is 9.91. The second-order valence-electron chi connectivity index (χ2n) is 9.28. The van der Waals surface area contributed by atoms with Gasteiger partial charge in [0.1, 0.15) is 24.0 Å². The average molecular weight is 492 g/mol. The van der Waals surface area contributed by atoms with Gasteiger partial charge in [0.2, 0.25) is 0 Å². The highest BCUT2D eigenvalue weighted by molar-refractivity contribution is 6.00. The van der Waals surface area contributed by atoms with Gasteiger partial charge in [0.25, 0.3) is 0 Å². The monoisotopic (exact) mass is 491 g/mol. The number of amides is 2. The number of hydrogen-bond acceptors (Lipinski definition) is 7. The van der Waals surface area contributed by atoms with E-state index >= 15 is 0 Å². The smallest absolute Gasteiger partial charge is 0.323 e. The summed E-state index contributed by atoms with van der Waals surface area (Å²) < 4.78 is 19.5. The molecule has 9 nitrogen and oxygen atoms in total. The number of anilines is 2. The summed E-state index contributed by atoms with van der Waals surface area (Å²) in [5.41, 5.74) is 11.0. The van der Waals surface area contributed by atoms with Crippen molar-refractivity contribution in [2.24, 2.45) is 15.8 Å². The number of nitrogens with two attached hydrogens (primary N) is 1. The van der Waals surface area contributed by atoms with E-state index in [1.807, 2.05) is 37.1 Å². The molecule has 2 aromatic carbocycles. The van der Waals surface area contributed by atoms with Crippen LogP contribution in [0.1, 0.15) is 22.6 Å². The van der Waals surface area contributed by atoms with Crippen LogP contribution in [0, 0.1) is 19.7 Å².